The number of nitrogens with one attached hydrogen (secondary N) is 2. The lowest BCUT2D eigenvalue weighted by molar-refractivity contribution is 0.0900. The molecule has 1 aromatic rings. The summed E-state index contributed by atoms with van der Waals surface area (Å²) >= 11 is 1.79. The summed E-state index contributed by atoms with van der Waals surface area (Å²) in [6.45, 7) is 16.0. The summed E-state index contributed by atoms with van der Waals surface area (Å²) in [7, 11) is 2.21. The van der Waals surface area contributed by atoms with Gasteiger partial charge in [0.25, 0.3) is 0 Å². The molecule has 1 aliphatic rings. The van der Waals surface area contributed by atoms with Crippen molar-refractivity contribution in [3.05, 3.63) is 29.3 Å². The van der Waals surface area contributed by atoms with Crippen LogP contribution in [0.4, 0.5) is 0 Å². The van der Waals surface area contributed by atoms with Gasteiger partial charge in [0.2, 0.25) is 0 Å². The first-order valence-electron chi connectivity index (χ1n) is 10.5. The van der Waals surface area contributed by atoms with Crippen molar-refractivity contribution < 1.29 is 0 Å². The molecule has 0 aliphatic carbocycles. The van der Waals surface area contributed by atoms with E-state index in [4.69, 9.17) is 4.99 Å². The van der Waals surface area contributed by atoms with E-state index in [-0.39, 0.29) is 24.0 Å². The average molecular weight is 534 g/mol. The fourth-order valence-corrected chi connectivity index (χ4v) is 4.33. The molecular formula is C22H40IN5S. The molecule has 2 rings (SSSR count). The molecule has 166 valence electrons. The Morgan fingerprint density at radius 2 is 1.86 bits per heavy atom. The van der Waals surface area contributed by atoms with Gasteiger partial charge in [0, 0.05) is 50.2 Å². The molecule has 0 aromatic heterocycles. The molecule has 1 aromatic carbocycles. The standard InChI is InChI=1S/C22H39N5S.HI/c1-7-23-22(24-15-19-9-8-18(4)14-21(19)28-6)25-16-20(17(2)3)27-12-10-26(5)11-13-27;/h8-9,14,17,20H,7,10-13,15-16H2,1-6H3,(H2,23,24,25);1H. The minimum absolute atomic E-state index is 0. The number of nitrogens with zero attached hydrogens (tertiary/aromatic N) is 3. The monoisotopic (exact) mass is 533 g/mol. The van der Waals surface area contributed by atoms with Gasteiger partial charge in [0.15, 0.2) is 5.96 Å². The molecule has 1 unspecified atom stereocenters. The third kappa shape index (κ3) is 8.63. The number of aliphatic imine (C=N–C) groups is 1. The third-order valence-electron chi connectivity index (χ3n) is 5.45. The molecule has 1 atom stereocenters. The van der Waals surface area contributed by atoms with Gasteiger partial charge < -0.3 is 15.5 Å². The molecule has 0 spiro atoms. The smallest absolute Gasteiger partial charge is 0.191 e. The van der Waals surface area contributed by atoms with Crippen LogP contribution in [0.2, 0.25) is 0 Å². The average Bonchev–Trinajstić information content (AvgIpc) is 2.67. The van der Waals surface area contributed by atoms with Gasteiger partial charge in [-0.25, -0.2) is 4.99 Å². The van der Waals surface area contributed by atoms with E-state index in [1.54, 1.807) is 11.8 Å². The zero-order valence-electron chi connectivity index (χ0n) is 19.0. The summed E-state index contributed by atoms with van der Waals surface area (Å²) in [4.78, 5) is 11.2. The van der Waals surface area contributed by atoms with E-state index in [0.29, 0.717) is 18.5 Å². The maximum atomic E-state index is 4.86. The number of hydrogen-bond donors (Lipinski definition) is 2. The molecule has 1 fully saturated rings. The predicted octanol–water partition coefficient (Wildman–Crippen LogP) is 3.66. The van der Waals surface area contributed by atoms with Crippen LogP contribution in [0.1, 0.15) is 31.9 Å². The Bertz CT molecular complexity index is 630. The van der Waals surface area contributed by atoms with E-state index in [1.165, 1.54) is 16.0 Å². The van der Waals surface area contributed by atoms with Gasteiger partial charge in [-0.15, -0.1) is 35.7 Å². The van der Waals surface area contributed by atoms with Gasteiger partial charge in [-0.1, -0.05) is 26.0 Å². The normalized spacial score (nSPS) is 17.1. The van der Waals surface area contributed by atoms with E-state index < -0.39 is 0 Å². The maximum Gasteiger partial charge on any atom is 0.191 e. The third-order valence-corrected chi connectivity index (χ3v) is 6.27. The SMILES string of the molecule is CCNC(=NCc1ccc(C)cc1SC)NCC(C(C)C)N1CCN(C)CC1.I. The van der Waals surface area contributed by atoms with E-state index >= 15 is 0 Å². The molecule has 7 heteroatoms. The summed E-state index contributed by atoms with van der Waals surface area (Å²) in [5.74, 6) is 1.52. The number of rotatable bonds is 8. The highest BCUT2D eigenvalue weighted by Gasteiger charge is 2.25. The van der Waals surface area contributed by atoms with Gasteiger partial charge in [-0.05, 0) is 50.3 Å². The second-order valence-electron chi connectivity index (χ2n) is 8.04. The molecule has 1 aliphatic heterocycles. The molecule has 2 N–H and O–H groups in total. The van der Waals surface area contributed by atoms with Gasteiger partial charge in [-0.3, -0.25) is 4.90 Å². The first-order valence-corrected chi connectivity index (χ1v) is 11.7. The molecular weight excluding hydrogens is 493 g/mol. The minimum Gasteiger partial charge on any atom is -0.357 e. The summed E-state index contributed by atoms with van der Waals surface area (Å²) in [6, 6.07) is 7.15. The van der Waals surface area contributed by atoms with Gasteiger partial charge in [0.05, 0.1) is 6.54 Å². The fraction of sp³-hybridized carbons (Fsp3) is 0.682. The van der Waals surface area contributed by atoms with Crippen molar-refractivity contribution in [2.75, 3.05) is 52.6 Å². The lowest BCUT2D eigenvalue weighted by Crippen LogP contribution is -2.55. The van der Waals surface area contributed by atoms with Crippen LogP contribution in [-0.2, 0) is 6.54 Å². The Labute approximate surface area is 199 Å². The van der Waals surface area contributed by atoms with Crippen LogP contribution >= 0.6 is 35.7 Å². The number of thioether (sulfide) groups is 1. The number of aryl methyl sites for hydroxylation is 1. The van der Waals surface area contributed by atoms with E-state index in [1.807, 2.05) is 0 Å². The van der Waals surface area contributed by atoms with E-state index in [9.17, 15) is 0 Å². The second-order valence-corrected chi connectivity index (χ2v) is 8.89. The Kier molecular flexibility index (Phi) is 12.6. The second kappa shape index (κ2) is 13.7. The van der Waals surface area contributed by atoms with Crippen LogP contribution in [0.3, 0.4) is 0 Å². The van der Waals surface area contributed by atoms with Crippen molar-refractivity contribution in [1.29, 1.82) is 0 Å². The molecule has 0 bridgehead atoms. The van der Waals surface area contributed by atoms with E-state index in [0.717, 1.165) is 45.2 Å². The molecule has 0 radical (unpaired) electrons. The molecule has 5 nitrogen and oxygen atoms in total. The van der Waals surface area contributed by atoms with Crippen molar-refractivity contribution in [2.45, 2.75) is 45.2 Å². The number of likely N-dealkylation sites (N-methyl/N-ethyl adjacent to an activating group) is 1. The van der Waals surface area contributed by atoms with Crippen LogP contribution in [0.25, 0.3) is 0 Å². The van der Waals surface area contributed by atoms with E-state index in [2.05, 4.69) is 79.6 Å². The fourth-order valence-electron chi connectivity index (χ4n) is 3.63. The highest BCUT2D eigenvalue weighted by Crippen LogP contribution is 2.22. The Hall–Kier alpha value is -0.510. The summed E-state index contributed by atoms with van der Waals surface area (Å²) < 4.78 is 0. The highest BCUT2D eigenvalue weighted by atomic mass is 127. The number of piperazine rings is 1. The Morgan fingerprint density at radius 3 is 2.45 bits per heavy atom. The predicted molar refractivity (Wildman–Crippen MR) is 139 cm³/mol. The van der Waals surface area contributed by atoms with Crippen molar-refractivity contribution in [2.24, 2.45) is 10.9 Å². The molecule has 1 saturated heterocycles. The van der Waals surface area contributed by atoms with Crippen LogP contribution in [0.15, 0.2) is 28.1 Å². The number of guanidine groups is 1. The topological polar surface area (TPSA) is 42.9 Å². The summed E-state index contributed by atoms with van der Waals surface area (Å²) in [6.07, 6.45) is 2.13. The van der Waals surface area contributed by atoms with Crippen LogP contribution in [0, 0.1) is 12.8 Å². The first-order chi connectivity index (χ1) is 13.4. The summed E-state index contributed by atoms with van der Waals surface area (Å²) in [5, 5.41) is 7.02. The zero-order chi connectivity index (χ0) is 20.5. The lowest BCUT2D eigenvalue weighted by Gasteiger charge is -2.40. The molecule has 1 heterocycles. The maximum absolute atomic E-state index is 4.86. The largest absolute Gasteiger partial charge is 0.357 e. The van der Waals surface area contributed by atoms with Crippen molar-refractivity contribution in [3.8, 4) is 0 Å². The van der Waals surface area contributed by atoms with Crippen molar-refractivity contribution in [1.82, 2.24) is 20.4 Å². The number of benzene rings is 1. The molecule has 0 amide bonds. The summed E-state index contributed by atoms with van der Waals surface area (Å²) in [5.41, 5.74) is 2.59. The van der Waals surface area contributed by atoms with Crippen molar-refractivity contribution >= 4 is 41.7 Å². The number of hydrogen-bond acceptors (Lipinski definition) is 4. The quantitative estimate of drug-likeness (QED) is 0.231. The first kappa shape index (κ1) is 26.5. The Morgan fingerprint density at radius 1 is 1.17 bits per heavy atom. The van der Waals surface area contributed by atoms with Gasteiger partial charge in [-0.2, -0.15) is 0 Å². The number of halogens is 1. The van der Waals surface area contributed by atoms with Crippen LogP contribution in [-0.4, -0.2) is 74.4 Å². The van der Waals surface area contributed by atoms with Gasteiger partial charge in [0.1, 0.15) is 0 Å². The minimum atomic E-state index is 0. The molecule has 29 heavy (non-hydrogen) atoms. The van der Waals surface area contributed by atoms with Crippen LogP contribution < -0.4 is 10.6 Å². The molecule has 0 saturated carbocycles. The lowest BCUT2D eigenvalue weighted by atomic mass is 10.0. The van der Waals surface area contributed by atoms with Crippen molar-refractivity contribution in [3.63, 3.8) is 0 Å². The highest BCUT2D eigenvalue weighted by molar-refractivity contribution is 14.0. The van der Waals surface area contributed by atoms with Crippen LogP contribution in [0.5, 0.6) is 0 Å². The Balaban J connectivity index is 0.00000420. The van der Waals surface area contributed by atoms with Gasteiger partial charge >= 0.3 is 0 Å². The zero-order valence-corrected chi connectivity index (χ0v) is 22.1.